The van der Waals surface area contributed by atoms with Crippen molar-refractivity contribution in [2.45, 2.75) is 0 Å². The van der Waals surface area contributed by atoms with Gasteiger partial charge in [-0.1, -0.05) is 18.2 Å². The second-order valence-electron chi connectivity index (χ2n) is 4.27. The van der Waals surface area contributed by atoms with Crippen molar-refractivity contribution in [1.82, 2.24) is 4.98 Å². The molecule has 0 fully saturated rings. The van der Waals surface area contributed by atoms with Gasteiger partial charge in [0.15, 0.2) is 12.1 Å². The minimum Gasteiger partial charge on any atom is -0.508 e. The van der Waals surface area contributed by atoms with E-state index in [-0.39, 0.29) is 5.75 Å². The van der Waals surface area contributed by atoms with Crippen LogP contribution in [0, 0.1) is 0 Å². The van der Waals surface area contributed by atoms with Gasteiger partial charge in [0.25, 0.3) is 0 Å². The van der Waals surface area contributed by atoms with Crippen LogP contribution in [0.25, 0.3) is 10.9 Å². The number of aromatic hydroxyl groups is 1. The zero-order chi connectivity index (χ0) is 13.9. The van der Waals surface area contributed by atoms with Crippen LogP contribution in [0.1, 0.15) is 10.4 Å². The number of H-pyrrole nitrogens is 1. The van der Waals surface area contributed by atoms with Crippen LogP contribution < -0.4 is 0 Å². The predicted molar refractivity (Wildman–Crippen MR) is 76.0 cm³/mol. The van der Waals surface area contributed by atoms with Crippen molar-refractivity contribution in [3.63, 3.8) is 0 Å². The monoisotopic (exact) mass is 265 g/mol. The average molecular weight is 265 g/mol. The normalized spacial score (nSPS) is 11.2. The Labute approximate surface area is 114 Å². The molecule has 0 bridgehead atoms. The van der Waals surface area contributed by atoms with Gasteiger partial charge in [-0.2, -0.15) is 0 Å². The topological polar surface area (TPSA) is 77.8 Å². The number of aromatic nitrogens is 1. The van der Waals surface area contributed by atoms with Gasteiger partial charge in [-0.3, -0.25) is 4.79 Å². The molecule has 0 aliphatic rings. The number of nitrogens with one attached hydrogen (secondary N) is 1. The Morgan fingerprint density at radius 3 is 2.50 bits per heavy atom. The molecule has 5 nitrogen and oxygen atoms in total. The fourth-order valence-electron chi connectivity index (χ4n) is 1.97. The second-order valence-corrected chi connectivity index (χ2v) is 4.27. The quantitative estimate of drug-likeness (QED) is 0.552. The Kier molecular flexibility index (Phi) is 3.01. The lowest BCUT2D eigenvalue weighted by atomic mass is 10.2. The van der Waals surface area contributed by atoms with Crippen LogP contribution in [-0.2, 0) is 0 Å². The smallest absolute Gasteiger partial charge is 0.164 e. The molecule has 1 heterocycles. The first kappa shape index (κ1) is 12.1. The predicted octanol–water partition coefficient (Wildman–Crippen LogP) is 4.10. The number of phenolic OH excluding ortho intramolecular Hbond substituents is 1. The Morgan fingerprint density at radius 2 is 1.75 bits per heavy atom. The van der Waals surface area contributed by atoms with Crippen molar-refractivity contribution in [2.24, 2.45) is 10.2 Å². The maximum Gasteiger partial charge on any atom is 0.164 e. The Bertz CT molecular complexity index is 788. The lowest BCUT2D eigenvalue weighted by Crippen LogP contribution is -1.75. The number of hydrogen-bond acceptors (Lipinski definition) is 4. The summed E-state index contributed by atoms with van der Waals surface area (Å²) in [6.45, 7) is 0. The van der Waals surface area contributed by atoms with E-state index >= 15 is 0 Å². The van der Waals surface area contributed by atoms with E-state index in [2.05, 4.69) is 15.2 Å². The molecule has 3 rings (SSSR count). The molecule has 3 aromatic rings. The molecule has 0 spiro atoms. The van der Waals surface area contributed by atoms with Gasteiger partial charge in [0.1, 0.15) is 5.75 Å². The number of benzene rings is 2. The van der Waals surface area contributed by atoms with E-state index in [1.807, 2.05) is 24.3 Å². The van der Waals surface area contributed by atoms with Gasteiger partial charge in [-0.15, -0.1) is 10.2 Å². The third kappa shape index (κ3) is 2.16. The van der Waals surface area contributed by atoms with Crippen molar-refractivity contribution in [1.29, 1.82) is 0 Å². The van der Waals surface area contributed by atoms with Crippen LogP contribution in [0.3, 0.4) is 0 Å². The van der Waals surface area contributed by atoms with Crippen LogP contribution in [0.4, 0.5) is 11.5 Å². The Balaban J connectivity index is 2.02. The summed E-state index contributed by atoms with van der Waals surface area (Å²) in [6.07, 6.45) is 0.768. The van der Waals surface area contributed by atoms with Crippen molar-refractivity contribution in [3.05, 3.63) is 54.1 Å². The molecule has 0 unspecified atom stereocenters. The molecule has 0 saturated carbocycles. The van der Waals surface area contributed by atoms with Crippen LogP contribution >= 0.6 is 0 Å². The molecule has 2 aromatic carbocycles. The number of carbonyl (C=O) groups is 1. The largest absolute Gasteiger partial charge is 0.508 e. The van der Waals surface area contributed by atoms with Gasteiger partial charge >= 0.3 is 0 Å². The van der Waals surface area contributed by atoms with Gasteiger partial charge in [0, 0.05) is 10.9 Å². The third-order valence-electron chi connectivity index (χ3n) is 2.96. The van der Waals surface area contributed by atoms with E-state index in [1.54, 1.807) is 12.1 Å². The SMILES string of the molecule is O=Cc1c(N=Nc2ccc(O)cc2)[nH]c2ccccc12. The zero-order valence-corrected chi connectivity index (χ0v) is 10.4. The van der Waals surface area contributed by atoms with E-state index < -0.39 is 0 Å². The summed E-state index contributed by atoms with van der Waals surface area (Å²) < 4.78 is 0. The molecule has 0 aliphatic carbocycles. The van der Waals surface area contributed by atoms with Gasteiger partial charge in [0.05, 0.1) is 11.3 Å². The number of azo groups is 1. The van der Waals surface area contributed by atoms with Crippen molar-refractivity contribution < 1.29 is 9.90 Å². The van der Waals surface area contributed by atoms with Crippen LogP contribution in [0.15, 0.2) is 58.8 Å². The van der Waals surface area contributed by atoms with Gasteiger partial charge in [-0.05, 0) is 30.3 Å². The highest BCUT2D eigenvalue weighted by Gasteiger charge is 2.09. The number of hydrogen-bond donors (Lipinski definition) is 2. The first-order valence-electron chi connectivity index (χ1n) is 6.04. The highest BCUT2D eigenvalue weighted by atomic mass is 16.3. The highest BCUT2D eigenvalue weighted by molar-refractivity contribution is 6.02. The lowest BCUT2D eigenvalue weighted by Gasteiger charge is -1.93. The van der Waals surface area contributed by atoms with Crippen LogP contribution in [-0.4, -0.2) is 16.4 Å². The number of phenols is 1. The van der Waals surface area contributed by atoms with E-state index in [1.165, 1.54) is 12.1 Å². The van der Waals surface area contributed by atoms with Gasteiger partial charge in [-0.25, -0.2) is 0 Å². The lowest BCUT2D eigenvalue weighted by molar-refractivity contribution is 0.112. The summed E-state index contributed by atoms with van der Waals surface area (Å²) in [6, 6.07) is 13.8. The molecule has 2 N–H and O–H groups in total. The summed E-state index contributed by atoms with van der Waals surface area (Å²) in [5.74, 6) is 0.595. The molecule has 1 aromatic heterocycles. The second kappa shape index (κ2) is 4.97. The molecule has 0 aliphatic heterocycles. The number of rotatable bonds is 3. The molecule has 5 heteroatoms. The molecule has 0 radical (unpaired) electrons. The Morgan fingerprint density at radius 1 is 1.00 bits per heavy atom. The van der Waals surface area contributed by atoms with Crippen molar-refractivity contribution >= 4 is 28.7 Å². The number of fused-ring (bicyclic) bond motifs is 1. The van der Waals surface area contributed by atoms with Crippen molar-refractivity contribution in [2.75, 3.05) is 0 Å². The summed E-state index contributed by atoms with van der Waals surface area (Å²) in [4.78, 5) is 14.3. The zero-order valence-electron chi connectivity index (χ0n) is 10.4. The fourth-order valence-corrected chi connectivity index (χ4v) is 1.97. The third-order valence-corrected chi connectivity index (χ3v) is 2.96. The molecular weight excluding hydrogens is 254 g/mol. The summed E-state index contributed by atoms with van der Waals surface area (Å²) in [5, 5.41) is 18.1. The molecule has 20 heavy (non-hydrogen) atoms. The molecule has 0 atom stereocenters. The Hall–Kier alpha value is -2.95. The number of aromatic amines is 1. The fraction of sp³-hybridized carbons (Fsp3) is 0. The summed E-state index contributed by atoms with van der Waals surface area (Å²) in [7, 11) is 0. The number of aldehydes is 1. The first-order valence-corrected chi connectivity index (χ1v) is 6.04. The van der Waals surface area contributed by atoms with E-state index in [0.29, 0.717) is 17.1 Å². The molecule has 98 valence electrons. The summed E-state index contributed by atoms with van der Waals surface area (Å²) >= 11 is 0. The van der Waals surface area contributed by atoms with Crippen molar-refractivity contribution in [3.8, 4) is 5.75 Å². The molecular formula is C15H11N3O2. The van der Waals surface area contributed by atoms with E-state index in [4.69, 9.17) is 0 Å². The molecule has 0 amide bonds. The van der Waals surface area contributed by atoms with Crippen LogP contribution in [0.5, 0.6) is 5.75 Å². The van der Waals surface area contributed by atoms with Gasteiger partial charge < -0.3 is 10.1 Å². The van der Waals surface area contributed by atoms with E-state index in [0.717, 1.165) is 17.2 Å². The standard InChI is InChI=1S/C15H11N3O2/c19-9-13-12-3-1-2-4-14(12)16-15(13)18-17-10-5-7-11(20)8-6-10/h1-9,16,20H. The number of carbonyl (C=O) groups excluding carboxylic acids is 1. The minimum absolute atomic E-state index is 0.170. The first-order chi connectivity index (χ1) is 9.78. The maximum atomic E-state index is 11.2. The highest BCUT2D eigenvalue weighted by Crippen LogP contribution is 2.28. The average Bonchev–Trinajstić information content (AvgIpc) is 2.84. The summed E-state index contributed by atoms with van der Waals surface area (Å²) in [5.41, 5.74) is 1.93. The number of nitrogens with zero attached hydrogens (tertiary/aromatic N) is 2. The van der Waals surface area contributed by atoms with E-state index in [9.17, 15) is 9.90 Å². The number of para-hydroxylation sites is 1. The van der Waals surface area contributed by atoms with Gasteiger partial charge in [0.2, 0.25) is 0 Å². The maximum absolute atomic E-state index is 11.2. The minimum atomic E-state index is 0.170. The molecule has 0 saturated heterocycles. The van der Waals surface area contributed by atoms with Crippen LogP contribution in [0.2, 0.25) is 0 Å².